The van der Waals surface area contributed by atoms with Crippen molar-refractivity contribution in [2.45, 2.75) is 70.6 Å². The van der Waals surface area contributed by atoms with E-state index >= 15 is 0 Å². The number of aliphatic hydroxyl groups is 1. The Balaban J connectivity index is 1.78. The second-order valence-electron chi connectivity index (χ2n) is 10.0. The lowest BCUT2D eigenvalue weighted by molar-refractivity contribution is -0.127. The summed E-state index contributed by atoms with van der Waals surface area (Å²) in [6, 6.07) is 11.9. The second kappa shape index (κ2) is 15.9. The van der Waals surface area contributed by atoms with Gasteiger partial charge >= 0.3 is 0 Å². The standard InChI is InChI=1S/C31H40FN3O4/c1-3-8-25-11-12-30(37)34-13-5-6-14-39-27-17-24(16-26(32)19-27)18-28(35-31(25)38)29(36)21-33-20-23-10-7-9-22(4-2)15-23/h1,7,9-10,15-17,19,25,28-29,33,36H,4-6,8,11-14,18,20-21H2,2H3,(H,34,37)(H,35,38)/t25?,28-,29+/m0/s1. The van der Waals surface area contributed by atoms with Crippen LogP contribution in [-0.2, 0) is 29.0 Å². The Morgan fingerprint density at radius 3 is 2.82 bits per heavy atom. The third-order valence-corrected chi connectivity index (χ3v) is 6.88. The summed E-state index contributed by atoms with van der Waals surface area (Å²) >= 11 is 0. The summed E-state index contributed by atoms with van der Waals surface area (Å²) in [5.74, 6) is 1.40. The van der Waals surface area contributed by atoms with Crippen molar-refractivity contribution in [2.75, 3.05) is 19.7 Å². The molecule has 1 unspecified atom stereocenters. The van der Waals surface area contributed by atoms with Crippen LogP contribution in [0.15, 0.2) is 42.5 Å². The van der Waals surface area contributed by atoms with Crippen LogP contribution in [0.3, 0.4) is 0 Å². The van der Waals surface area contributed by atoms with E-state index in [0.717, 1.165) is 12.0 Å². The molecule has 0 aromatic heterocycles. The first-order chi connectivity index (χ1) is 18.9. The molecule has 0 aliphatic carbocycles. The fourth-order valence-electron chi connectivity index (χ4n) is 4.63. The summed E-state index contributed by atoms with van der Waals surface area (Å²) in [6.45, 7) is 3.74. The quantitative estimate of drug-likeness (QED) is 0.407. The maximum atomic E-state index is 14.4. The lowest BCUT2D eigenvalue weighted by Gasteiger charge is -2.27. The lowest BCUT2D eigenvalue weighted by atomic mass is 9.95. The van der Waals surface area contributed by atoms with Crippen molar-refractivity contribution < 1.29 is 23.8 Å². The van der Waals surface area contributed by atoms with Gasteiger partial charge in [-0.05, 0) is 60.9 Å². The molecule has 3 atom stereocenters. The fourth-order valence-corrected chi connectivity index (χ4v) is 4.63. The number of halogens is 1. The highest BCUT2D eigenvalue weighted by molar-refractivity contribution is 5.81. The average Bonchev–Trinajstić information content (AvgIpc) is 2.91. The molecule has 7 nitrogen and oxygen atoms in total. The number of fused-ring (bicyclic) bond motifs is 2. The topological polar surface area (TPSA) is 99.7 Å². The number of rotatable bonds is 7. The van der Waals surface area contributed by atoms with E-state index in [1.165, 1.54) is 17.7 Å². The molecule has 4 N–H and O–H groups in total. The molecule has 0 fully saturated rings. The van der Waals surface area contributed by atoms with Crippen LogP contribution in [0.1, 0.15) is 55.7 Å². The molecule has 2 aromatic rings. The fraction of sp³-hybridized carbons (Fsp3) is 0.484. The van der Waals surface area contributed by atoms with Crippen LogP contribution in [0.5, 0.6) is 5.75 Å². The number of hydrogen-bond donors (Lipinski definition) is 4. The molecule has 39 heavy (non-hydrogen) atoms. The van der Waals surface area contributed by atoms with Gasteiger partial charge in [0, 0.05) is 44.5 Å². The van der Waals surface area contributed by atoms with Gasteiger partial charge in [-0.25, -0.2) is 4.39 Å². The van der Waals surface area contributed by atoms with Crippen molar-refractivity contribution in [3.63, 3.8) is 0 Å². The first-order valence-electron chi connectivity index (χ1n) is 13.8. The highest BCUT2D eigenvalue weighted by atomic mass is 19.1. The zero-order chi connectivity index (χ0) is 28.0. The minimum atomic E-state index is -0.965. The molecule has 8 heteroatoms. The molecular weight excluding hydrogens is 497 g/mol. The monoisotopic (exact) mass is 537 g/mol. The van der Waals surface area contributed by atoms with Crippen molar-refractivity contribution in [1.29, 1.82) is 0 Å². The van der Waals surface area contributed by atoms with E-state index in [4.69, 9.17) is 11.2 Å². The number of benzene rings is 2. The van der Waals surface area contributed by atoms with Crippen LogP contribution >= 0.6 is 0 Å². The van der Waals surface area contributed by atoms with Gasteiger partial charge in [0.15, 0.2) is 0 Å². The Morgan fingerprint density at radius 2 is 2.03 bits per heavy atom. The summed E-state index contributed by atoms with van der Waals surface area (Å²) in [4.78, 5) is 25.5. The Bertz CT molecular complexity index is 1130. The van der Waals surface area contributed by atoms with Gasteiger partial charge < -0.3 is 25.8 Å². The van der Waals surface area contributed by atoms with Gasteiger partial charge in [-0.2, -0.15) is 0 Å². The maximum absolute atomic E-state index is 14.4. The smallest absolute Gasteiger partial charge is 0.224 e. The summed E-state index contributed by atoms with van der Waals surface area (Å²) in [6.07, 6.45) is 7.74. The highest BCUT2D eigenvalue weighted by Crippen LogP contribution is 2.20. The molecule has 3 rings (SSSR count). The number of carbonyl (C=O) groups is 2. The summed E-state index contributed by atoms with van der Waals surface area (Å²) in [5.41, 5.74) is 2.92. The number of amides is 2. The molecule has 0 saturated carbocycles. The minimum absolute atomic E-state index is 0.142. The SMILES string of the molecule is C#CCC1CCC(=O)NCCCCOc2cc(F)cc(c2)C[C@@H]([C@H](O)CNCc2cccc(CC)c2)NC1=O. The van der Waals surface area contributed by atoms with Gasteiger partial charge in [-0.3, -0.25) is 9.59 Å². The molecule has 0 radical (unpaired) electrons. The molecule has 1 heterocycles. The van der Waals surface area contributed by atoms with E-state index in [-0.39, 0.29) is 37.6 Å². The zero-order valence-corrected chi connectivity index (χ0v) is 22.7. The third-order valence-electron chi connectivity index (χ3n) is 6.88. The van der Waals surface area contributed by atoms with Crippen LogP contribution in [0, 0.1) is 24.1 Å². The second-order valence-corrected chi connectivity index (χ2v) is 10.0. The summed E-state index contributed by atoms with van der Waals surface area (Å²) in [7, 11) is 0. The first kappa shape index (κ1) is 30.1. The van der Waals surface area contributed by atoms with Gasteiger partial charge in [-0.15, -0.1) is 12.3 Å². The molecule has 1 aliphatic rings. The number of hydrogen-bond acceptors (Lipinski definition) is 5. The normalized spacial score (nSPS) is 20.1. The molecule has 2 aromatic carbocycles. The molecule has 1 aliphatic heterocycles. The zero-order valence-electron chi connectivity index (χ0n) is 22.7. The van der Waals surface area contributed by atoms with Crippen LogP contribution in [0.4, 0.5) is 4.39 Å². The third kappa shape index (κ3) is 10.3. The van der Waals surface area contributed by atoms with Crippen molar-refractivity contribution in [1.82, 2.24) is 16.0 Å². The van der Waals surface area contributed by atoms with Crippen LogP contribution in [0.2, 0.25) is 0 Å². The number of ether oxygens (including phenoxy) is 1. The van der Waals surface area contributed by atoms with E-state index in [1.54, 1.807) is 6.07 Å². The largest absolute Gasteiger partial charge is 0.493 e. The Hall–Kier alpha value is -3.41. The van der Waals surface area contributed by atoms with Gasteiger partial charge in [0.25, 0.3) is 0 Å². The number of nitrogens with one attached hydrogen (secondary N) is 3. The number of aliphatic hydroxyl groups excluding tert-OH is 1. The first-order valence-corrected chi connectivity index (χ1v) is 13.8. The number of carbonyl (C=O) groups excluding carboxylic acids is 2. The summed E-state index contributed by atoms with van der Waals surface area (Å²) < 4.78 is 20.2. The van der Waals surface area contributed by atoms with E-state index in [0.29, 0.717) is 50.3 Å². The predicted octanol–water partition coefficient (Wildman–Crippen LogP) is 3.27. The Kier molecular flexibility index (Phi) is 12.3. The van der Waals surface area contributed by atoms with E-state index in [9.17, 15) is 19.1 Å². The van der Waals surface area contributed by atoms with Gasteiger partial charge in [0.2, 0.25) is 11.8 Å². The van der Waals surface area contributed by atoms with Crippen molar-refractivity contribution in [3.05, 3.63) is 65.0 Å². The van der Waals surface area contributed by atoms with Crippen molar-refractivity contribution >= 4 is 11.8 Å². The van der Waals surface area contributed by atoms with Crippen LogP contribution in [-0.4, -0.2) is 48.8 Å². The highest BCUT2D eigenvalue weighted by Gasteiger charge is 2.26. The van der Waals surface area contributed by atoms with E-state index < -0.39 is 23.9 Å². The Morgan fingerprint density at radius 1 is 1.21 bits per heavy atom. The average molecular weight is 538 g/mol. The predicted molar refractivity (Wildman–Crippen MR) is 149 cm³/mol. The minimum Gasteiger partial charge on any atom is -0.493 e. The van der Waals surface area contributed by atoms with Gasteiger partial charge in [0.05, 0.1) is 18.8 Å². The van der Waals surface area contributed by atoms with E-state index in [2.05, 4.69) is 40.9 Å². The lowest BCUT2D eigenvalue weighted by Crippen LogP contribution is -2.50. The molecule has 2 bridgehead atoms. The van der Waals surface area contributed by atoms with Crippen molar-refractivity contribution in [3.8, 4) is 18.1 Å². The van der Waals surface area contributed by atoms with Gasteiger partial charge in [-0.1, -0.05) is 31.2 Å². The van der Waals surface area contributed by atoms with Crippen LogP contribution in [0.25, 0.3) is 0 Å². The van der Waals surface area contributed by atoms with Crippen molar-refractivity contribution in [2.24, 2.45) is 5.92 Å². The maximum Gasteiger partial charge on any atom is 0.224 e. The molecule has 0 saturated heterocycles. The summed E-state index contributed by atoms with van der Waals surface area (Å²) in [5, 5.41) is 20.2. The van der Waals surface area contributed by atoms with Crippen LogP contribution < -0.4 is 20.7 Å². The van der Waals surface area contributed by atoms with Gasteiger partial charge in [0.1, 0.15) is 11.6 Å². The molecule has 0 spiro atoms. The number of aryl methyl sites for hydroxylation is 1. The van der Waals surface area contributed by atoms with E-state index in [1.807, 2.05) is 12.1 Å². The molecule has 210 valence electrons. The number of terminal acetylenes is 1. The molecular formula is C31H40FN3O4. The molecule has 2 amide bonds. The Labute approximate surface area is 230 Å².